The Bertz CT molecular complexity index is 792. The molecule has 2 aromatic carbocycles. The number of phenolic OH excluding ortho intramolecular Hbond substituents is 1. The summed E-state index contributed by atoms with van der Waals surface area (Å²) in [6.07, 6.45) is 2.40. The Morgan fingerprint density at radius 3 is 2.33 bits per heavy atom. The summed E-state index contributed by atoms with van der Waals surface area (Å²) in [4.78, 5) is 18.8. The molecule has 3 rings (SSSR count). The van der Waals surface area contributed by atoms with Gasteiger partial charge in [0.05, 0.1) is 11.3 Å². The Labute approximate surface area is 155 Å². The van der Waals surface area contributed by atoms with E-state index in [1.807, 2.05) is 38.1 Å². The van der Waals surface area contributed by atoms with Crippen LogP contribution in [0.25, 0.3) is 11.3 Å². The molecule has 0 saturated carbocycles. The van der Waals surface area contributed by atoms with Gasteiger partial charge in [0.25, 0.3) is 0 Å². The van der Waals surface area contributed by atoms with Crippen molar-refractivity contribution in [2.24, 2.45) is 0 Å². The second-order valence-corrected chi connectivity index (χ2v) is 4.90. The molecule has 1 N–H and O–H groups in total. The Balaban J connectivity index is 0.000000252. The molecule has 1 aromatic heterocycles. The van der Waals surface area contributed by atoms with Gasteiger partial charge in [-0.1, -0.05) is 12.1 Å². The zero-order valence-corrected chi connectivity index (χ0v) is 15.8. The van der Waals surface area contributed by atoms with Gasteiger partial charge in [-0.25, -0.2) is 0 Å². The van der Waals surface area contributed by atoms with Crippen molar-refractivity contribution < 1.29 is 30.0 Å². The van der Waals surface area contributed by atoms with Gasteiger partial charge < -0.3 is 10.1 Å². The molecule has 24 heavy (non-hydrogen) atoms. The van der Waals surface area contributed by atoms with Crippen molar-refractivity contribution in [2.45, 2.75) is 13.8 Å². The molecule has 0 atom stereocenters. The molecule has 0 aliphatic rings. The van der Waals surface area contributed by atoms with Crippen molar-refractivity contribution in [3.63, 3.8) is 0 Å². The van der Waals surface area contributed by atoms with E-state index in [1.165, 1.54) is 6.07 Å². The van der Waals surface area contributed by atoms with Gasteiger partial charge in [-0.2, -0.15) is 0 Å². The summed E-state index contributed by atoms with van der Waals surface area (Å²) < 4.78 is 0. The number of phenols is 1. The zero-order valence-electron chi connectivity index (χ0n) is 13.4. The van der Waals surface area contributed by atoms with Crippen LogP contribution in [0.4, 0.5) is 0 Å². The monoisotopic (exact) mass is 498 g/mol. The maximum absolute atomic E-state index is 10.1. The minimum atomic E-state index is 0. The fourth-order valence-electron chi connectivity index (χ4n) is 1.99. The van der Waals surface area contributed by atoms with Gasteiger partial charge in [0, 0.05) is 37.7 Å². The van der Waals surface area contributed by atoms with Crippen LogP contribution in [0.3, 0.4) is 0 Å². The van der Waals surface area contributed by atoms with E-state index in [0.717, 1.165) is 22.6 Å². The number of hydrogen-bond donors (Lipinski definition) is 1. The molecule has 5 heteroatoms. The first kappa shape index (κ1) is 19.7. The van der Waals surface area contributed by atoms with Crippen LogP contribution in [0.5, 0.6) is 5.75 Å². The van der Waals surface area contributed by atoms with Crippen molar-refractivity contribution in [3.8, 4) is 17.0 Å². The molecule has 0 bridgehead atoms. The third-order valence-corrected chi connectivity index (χ3v) is 3.10. The third-order valence-electron chi connectivity index (χ3n) is 3.10. The number of benzene rings is 2. The number of aryl methyl sites for hydroxylation is 2. The number of carbonyl (C=O) groups excluding carboxylic acids is 1. The van der Waals surface area contributed by atoms with Gasteiger partial charge in [-0.15, -0.1) is 35.9 Å². The maximum atomic E-state index is 10.1. The van der Waals surface area contributed by atoms with Crippen molar-refractivity contribution >= 4 is 6.29 Å². The number of para-hydroxylation sites is 1. The minimum Gasteiger partial charge on any atom is -0.507 e. The summed E-state index contributed by atoms with van der Waals surface area (Å²) >= 11 is 0. The Hall–Kier alpha value is -2.36. The molecule has 0 aliphatic carbocycles. The van der Waals surface area contributed by atoms with E-state index in [2.05, 4.69) is 16.0 Å². The van der Waals surface area contributed by atoms with Crippen LogP contribution in [0.1, 0.15) is 21.7 Å². The number of rotatable bonds is 2. The van der Waals surface area contributed by atoms with Gasteiger partial charge in [0.1, 0.15) is 5.75 Å². The maximum Gasteiger partial charge on any atom is 0.153 e. The molecule has 0 amide bonds. The largest absolute Gasteiger partial charge is 0.507 e. The SMILES string of the molecule is Cc1cnc(-c2[c-]cccc2)c(C)n1.O=Cc1ccccc1O.[Ir]. The third kappa shape index (κ3) is 5.37. The molecule has 1 heterocycles. The first-order valence-corrected chi connectivity index (χ1v) is 7.12. The van der Waals surface area contributed by atoms with Gasteiger partial charge in [0.2, 0.25) is 0 Å². The average Bonchev–Trinajstić information content (AvgIpc) is 2.57. The number of nitrogens with zero attached hydrogens (tertiary/aromatic N) is 2. The molecule has 0 aliphatic heterocycles. The summed E-state index contributed by atoms with van der Waals surface area (Å²) in [7, 11) is 0. The van der Waals surface area contributed by atoms with E-state index in [4.69, 9.17) is 5.11 Å². The summed E-state index contributed by atoms with van der Waals surface area (Å²) in [6.45, 7) is 3.91. The predicted octanol–water partition coefficient (Wildman–Crippen LogP) is 3.76. The Kier molecular flexibility index (Phi) is 7.96. The van der Waals surface area contributed by atoms with E-state index < -0.39 is 0 Å². The van der Waals surface area contributed by atoms with Gasteiger partial charge in [-0.05, 0) is 26.0 Å². The van der Waals surface area contributed by atoms with E-state index in [9.17, 15) is 4.79 Å². The fourth-order valence-corrected chi connectivity index (χ4v) is 1.99. The van der Waals surface area contributed by atoms with Gasteiger partial charge >= 0.3 is 0 Å². The van der Waals surface area contributed by atoms with Crippen LogP contribution >= 0.6 is 0 Å². The number of aromatic nitrogens is 2. The quantitative estimate of drug-likeness (QED) is 0.433. The van der Waals surface area contributed by atoms with E-state index in [-0.39, 0.29) is 25.9 Å². The van der Waals surface area contributed by atoms with Crippen molar-refractivity contribution in [1.29, 1.82) is 0 Å². The van der Waals surface area contributed by atoms with Crippen LogP contribution in [-0.4, -0.2) is 21.4 Å². The second-order valence-electron chi connectivity index (χ2n) is 4.90. The molecule has 3 aromatic rings. The molecule has 0 fully saturated rings. The van der Waals surface area contributed by atoms with E-state index >= 15 is 0 Å². The molecule has 1 radical (unpaired) electrons. The molecule has 125 valence electrons. The van der Waals surface area contributed by atoms with E-state index in [1.54, 1.807) is 24.4 Å². The smallest absolute Gasteiger partial charge is 0.153 e. The summed E-state index contributed by atoms with van der Waals surface area (Å²) in [5.74, 6) is 0.0347. The Morgan fingerprint density at radius 2 is 1.79 bits per heavy atom. The van der Waals surface area contributed by atoms with E-state index in [0.29, 0.717) is 11.8 Å². The van der Waals surface area contributed by atoms with Crippen LogP contribution in [0.15, 0.2) is 54.7 Å². The van der Waals surface area contributed by atoms with Crippen LogP contribution in [0, 0.1) is 19.9 Å². The average molecular weight is 498 g/mol. The first-order valence-electron chi connectivity index (χ1n) is 7.12. The van der Waals surface area contributed by atoms with Gasteiger partial charge in [0.15, 0.2) is 6.29 Å². The number of aromatic hydroxyl groups is 1. The number of carbonyl (C=O) groups is 1. The van der Waals surface area contributed by atoms with Crippen molar-refractivity contribution in [2.75, 3.05) is 0 Å². The number of hydrogen-bond acceptors (Lipinski definition) is 4. The Morgan fingerprint density at radius 1 is 1.08 bits per heavy atom. The van der Waals surface area contributed by atoms with Crippen LogP contribution in [0.2, 0.25) is 0 Å². The number of aldehydes is 1. The predicted molar refractivity (Wildman–Crippen MR) is 89.3 cm³/mol. The standard InChI is InChI=1S/C12H11N2.C7H6O2.Ir/c1-9-8-13-12(10(2)14-9)11-6-4-3-5-7-11;8-5-6-3-1-2-4-7(6)9;/h3-6,8H,1-2H3;1-5,9H;/q-1;;. The summed E-state index contributed by atoms with van der Waals surface area (Å²) in [5.41, 5.74) is 4.14. The molecular formula is C19H17IrN2O2-. The topological polar surface area (TPSA) is 63.1 Å². The summed E-state index contributed by atoms with van der Waals surface area (Å²) in [6, 6.07) is 17.3. The van der Waals surface area contributed by atoms with Crippen LogP contribution < -0.4 is 0 Å². The minimum absolute atomic E-state index is 0. The normalized spacial score (nSPS) is 9.25. The molecule has 4 nitrogen and oxygen atoms in total. The first-order chi connectivity index (χ1) is 11.1. The second kappa shape index (κ2) is 9.71. The van der Waals surface area contributed by atoms with Crippen LogP contribution in [-0.2, 0) is 20.1 Å². The summed E-state index contributed by atoms with van der Waals surface area (Å²) in [5, 5.41) is 8.88. The molecular weight excluding hydrogens is 480 g/mol. The van der Waals surface area contributed by atoms with Gasteiger partial charge in [-0.3, -0.25) is 9.78 Å². The van der Waals surface area contributed by atoms with Crippen molar-refractivity contribution in [1.82, 2.24) is 9.97 Å². The van der Waals surface area contributed by atoms with Crippen molar-refractivity contribution in [3.05, 3.63) is 77.7 Å². The zero-order chi connectivity index (χ0) is 16.7. The molecule has 0 unspecified atom stereocenters. The molecule has 0 spiro atoms. The molecule has 0 saturated heterocycles. The fraction of sp³-hybridized carbons (Fsp3) is 0.105.